The van der Waals surface area contributed by atoms with Crippen LogP contribution in [0.2, 0.25) is 0 Å². The number of furan rings is 1. The van der Waals surface area contributed by atoms with E-state index in [0.29, 0.717) is 25.3 Å². The molecular formula is C23H25NO5. The Labute approximate surface area is 170 Å². The number of amides is 1. The molecule has 6 nitrogen and oxygen atoms in total. The molecule has 1 aliphatic heterocycles. The summed E-state index contributed by atoms with van der Waals surface area (Å²) in [6.45, 7) is 4.69. The number of carbonyl (C=O) groups is 2. The van der Waals surface area contributed by atoms with Crippen LogP contribution in [0.25, 0.3) is 6.08 Å². The van der Waals surface area contributed by atoms with Crippen LogP contribution in [0.15, 0.2) is 70.6 Å². The summed E-state index contributed by atoms with van der Waals surface area (Å²) in [6, 6.07) is 12.0. The molecule has 1 amide bonds. The summed E-state index contributed by atoms with van der Waals surface area (Å²) >= 11 is 0. The average Bonchev–Trinajstić information content (AvgIpc) is 3.32. The number of benzene rings is 1. The SMILES string of the molecule is CC(C)OCCCN1C(=O)C(O)=C(C(=O)/C=C/c2ccccc2)[C@@H]1c1ccco1. The van der Waals surface area contributed by atoms with Crippen molar-refractivity contribution in [1.29, 1.82) is 0 Å². The largest absolute Gasteiger partial charge is 0.503 e. The molecule has 29 heavy (non-hydrogen) atoms. The van der Waals surface area contributed by atoms with Gasteiger partial charge in [0, 0.05) is 13.2 Å². The number of allylic oxidation sites excluding steroid dienone is 1. The predicted octanol–water partition coefficient (Wildman–Crippen LogP) is 4.07. The lowest BCUT2D eigenvalue weighted by Crippen LogP contribution is -2.32. The number of aliphatic hydroxyl groups is 1. The number of nitrogens with zero attached hydrogens (tertiary/aromatic N) is 1. The number of aliphatic hydroxyl groups excluding tert-OH is 1. The molecule has 0 spiro atoms. The maximum absolute atomic E-state index is 12.9. The maximum Gasteiger partial charge on any atom is 0.290 e. The van der Waals surface area contributed by atoms with Gasteiger partial charge < -0.3 is 19.2 Å². The second kappa shape index (κ2) is 9.39. The van der Waals surface area contributed by atoms with Crippen LogP contribution in [0.1, 0.15) is 37.6 Å². The number of hydrogen-bond acceptors (Lipinski definition) is 5. The van der Waals surface area contributed by atoms with Crippen LogP contribution in [0, 0.1) is 0 Å². The number of carbonyl (C=O) groups excluding carboxylic acids is 2. The smallest absolute Gasteiger partial charge is 0.290 e. The highest BCUT2D eigenvalue weighted by atomic mass is 16.5. The van der Waals surface area contributed by atoms with Gasteiger partial charge in [0.15, 0.2) is 11.5 Å². The third-order valence-corrected chi connectivity index (χ3v) is 4.60. The number of rotatable bonds is 9. The Bertz CT molecular complexity index is 897. The van der Waals surface area contributed by atoms with Gasteiger partial charge in [-0.05, 0) is 44.0 Å². The lowest BCUT2D eigenvalue weighted by molar-refractivity contribution is -0.129. The van der Waals surface area contributed by atoms with E-state index in [4.69, 9.17) is 9.15 Å². The van der Waals surface area contributed by atoms with E-state index >= 15 is 0 Å². The summed E-state index contributed by atoms with van der Waals surface area (Å²) in [4.78, 5) is 27.0. The van der Waals surface area contributed by atoms with Crippen LogP contribution >= 0.6 is 0 Å². The standard InChI is InChI=1S/C23H25NO5/c1-16(2)28-15-7-13-24-21(19-10-6-14-29-19)20(22(26)23(24)27)18(25)12-11-17-8-4-3-5-9-17/h3-6,8-12,14,16,21,26H,7,13,15H2,1-2H3/b12-11+/t21-/m0/s1. The maximum atomic E-state index is 12.9. The quantitative estimate of drug-likeness (QED) is 0.511. The fraction of sp³-hybridized carbons (Fsp3) is 0.304. The summed E-state index contributed by atoms with van der Waals surface area (Å²) in [7, 11) is 0. The highest BCUT2D eigenvalue weighted by Gasteiger charge is 2.44. The molecule has 0 saturated heterocycles. The Morgan fingerprint density at radius 2 is 2.00 bits per heavy atom. The molecule has 0 unspecified atom stereocenters. The van der Waals surface area contributed by atoms with Gasteiger partial charge in [-0.3, -0.25) is 9.59 Å². The molecule has 1 atom stereocenters. The van der Waals surface area contributed by atoms with E-state index in [2.05, 4.69) is 0 Å². The van der Waals surface area contributed by atoms with Crippen LogP contribution in [0.3, 0.4) is 0 Å². The third-order valence-electron chi connectivity index (χ3n) is 4.60. The molecule has 3 rings (SSSR count). The van der Waals surface area contributed by atoms with E-state index in [1.807, 2.05) is 44.2 Å². The normalized spacial score (nSPS) is 17.1. The number of hydrogen-bond donors (Lipinski definition) is 1. The zero-order valence-corrected chi connectivity index (χ0v) is 16.6. The zero-order chi connectivity index (χ0) is 20.8. The topological polar surface area (TPSA) is 80.0 Å². The van der Waals surface area contributed by atoms with Crippen molar-refractivity contribution in [3.8, 4) is 0 Å². The van der Waals surface area contributed by atoms with Gasteiger partial charge >= 0.3 is 0 Å². The van der Waals surface area contributed by atoms with Gasteiger partial charge in [-0.15, -0.1) is 0 Å². The summed E-state index contributed by atoms with van der Waals surface area (Å²) < 4.78 is 11.0. The lowest BCUT2D eigenvalue weighted by atomic mass is 10.00. The van der Waals surface area contributed by atoms with E-state index in [1.54, 1.807) is 18.2 Å². The molecule has 1 aromatic heterocycles. The van der Waals surface area contributed by atoms with Gasteiger partial charge in [0.05, 0.1) is 17.9 Å². The van der Waals surface area contributed by atoms with E-state index < -0.39 is 23.5 Å². The third kappa shape index (κ3) is 4.84. The number of ketones is 1. The molecule has 1 aliphatic rings. The fourth-order valence-corrected chi connectivity index (χ4v) is 3.26. The molecule has 2 aromatic rings. The van der Waals surface area contributed by atoms with Gasteiger partial charge in [-0.2, -0.15) is 0 Å². The van der Waals surface area contributed by atoms with Crippen LogP contribution < -0.4 is 0 Å². The van der Waals surface area contributed by atoms with Crippen molar-refractivity contribution in [2.75, 3.05) is 13.2 Å². The summed E-state index contributed by atoms with van der Waals surface area (Å²) in [5.41, 5.74) is 0.879. The molecule has 0 radical (unpaired) electrons. The van der Waals surface area contributed by atoms with Crippen molar-refractivity contribution in [2.24, 2.45) is 0 Å². The second-order valence-electron chi connectivity index (χ2n) is 7.06. The molecule has 0 saturated carbocycles. The minimum absolute atomic E-state index is 0.0295. The van der Waals surface area contributed by atoms with Crippen molar-refractivity contribution >= 4 is 17.8 Å². The van der Waals surface area contributed by atoms with Crippen molar-refractivity contribution in [2.45, 2.75) is 32.4 Å². The first kappa shape index (κ1) is 20.6. The highest BCUT2D eigenvalue weighted by molar-refractivity contribution is 6.14. The zero-order valence-electron chi connectivity index (χ0n) is 16.6. The minimum Gasteiger partial charge on any atom is -0.503 e. The molecule has 0 aliphatic carbocycles. The van der Waals surface area contributed by atoms with Crippen molar-refractivity contribution in [3.63, 3.8) is 0 Å². The van der Waals surface area contributed by atoms with Crippen molar-refractivity contribution < 1.29 is 23.8 Å². The first-order valence-electron chi connectivity index (χ1n) is 9.65. The van der Waals surface area contributed by atoms with Gasteiger partial charge in [0.2, 0.25) is 0 Å². The van der Waals surface area contributed by atoms with Crippen LogP contribution in [-0.2, 0) is 14.3 Å². The van der Waals surface area contributed by atoms with Gasteiger partial charge in [0.25, 0.3) is 5.91 Å². The lowest BCUT2D eigenvalue weighted by Gasteiger charge is -2.24. The summed E-state index contributed by atoms with van der Waals surface area (Å²) in [5, 5.41) is 10.5. The average molecular weight is 395 g/mol. The fourth-order valence-electron chi connectivity index (χ4n) is 3.26. The molecule has 0 bridgehead atoms. The predicted molar refractivity (Wildman–Crippen MR) is 109 cm³/mol. The highest BCUT2D eigenvalue weighted by Crippen LogP contribution is 2.38. The molecule has 1 N–H and O–H groups in total. The first-order valence-corrected chi connectivity index (χ1v) is 9.65. The van der Waals surface area contributed by atoms with Crippen LogP contribution in [-0.4, -0.2) is 41.0 Å². The summed E-state index contributed by atoms with van der Waals surface area (Å²) in [5.74, 6) is -1.10. The summed E-state index contributed by atoms with van der Waals surface area (Å²) in [6.07, 6.45) is 5.19. The van der Waals surface area contributed by atoms with Crippen LogP contribution in [0.4, 0.5) is 0 Å². The molecule has 1 aromatic carbocycles. The molecule has 6 heteroatoms. The molecule has 0 fully saturated rings. The van der Waals surface area contributed by atoms with E-state index in [1.165, 1.54) is 17.2 Å². The molecule has 152 valence electrons. The monoisotopic (exact) mass is 395 g/mol. The van der Waals surface area contributed by atoms with Gasteiger partial charge in [0.1, 0.15) is 11.8 Å². The Morgan fingerprint density at radius 1 is 1.24 bits per heavy atom. The van der Waals surface area contributed by atoms with Gasteiger partial charge in [-0.25, -0.2) is 0 Å². The Kier molecular flexibility index (Phi) is 6.67. The van der Waals surface area contributed by atoms with E-state index in [9.17, 15) is 14.7 Å². The Morgan fingerprint density at radius 3 is 2.66 bits per heavy atom. The van der Waals surface area contributed by atoms with Gasteiger partial charge in [-0.1, -0.05) is 36.4 Å². The van der Waals surface area contributed by atoms with Crippen molar-refractivity contribution in [3.05, 3.63) is 77.5 Å². The van der Waals surface area contributed by atoms with Crippen molar-refractivity contribution in [1.82, 2.24) is 4.90 Å². The number of ether oxygens (including phenoxy) is 1. The van der Waals surface area contributed by atoms with E-state index in [0.717, 1.165) is 5.56 Å². The minimum atomic E-state index is -0.760. The second-order valence-corrected chi connectivity index (χ2v) is 7.06. The Hall–Kier alpha value is -3.12. The Balaban J connectivity index is 1.83. The first-order chi connectivity index (χ1) is 14.0. The molecular weight excluding hydrogens is 370 g/mol. The molecule has 2 heterocycles. The van der Waals surface area contributed by atoms with Crippen LogP contribution in [0.5, 0.6) is 0 Å². The van der Waals surface area contributed by atoms with E-state index in [-0.39, 0.29) is 11.7 Å².